The van der Waals surface area contributed by atoms with E-state index in [4.69, 9.17) is 4.74 Å². The average molecular weight is 185 g/mol. The first-order valence-electron chi connectivity index (χ1n) is 4.88. The van der Waals surface area contributed by atoms with Crippen LogP contribution < -0.4 is 5.32 Å². The van der Waals surface area contributed by atoms with Crippen LogP contribution in [0.2, 0.25) is 0 Å². The number of piperidine rings is 1. The Hall–Kier alpha value is -0.570. The van der Waals surface area contributed by atoms with Crippen LogP contribution in [0.15, 0.2) is 0 Å². The molecule has 3 heteroatoms. The van der Waals surface area contributed by atoms with E-state index in [1.807, 2.05) is 20.8 Å². The Morgan fingerprint density at radius 1 is 1.54 bits per heavy atom. The predicted octanol–water partition coefficient (Wildman–Crippen LogP) is 1.33. The van der Waals surface area contributed by atoms with Crippen molar-refractivity contribution in [2.24, 2.45) is 5.92 Å². The molecule has 0 aliphatic carbocycles. The normalized spacial score (nSPS) is 24.2. The van der Waals surface area contributed by atoms with Gasteiger partial charge >= 0.3 is 0 Å². The summed E-state index contributed by atoms with van der Waals surface area (Å²) in [6, 6.07) is 0. The Bertz CT molecular complexity index is 184. The van der Waals surface area contributed by atoms with Crippen molar-refractivity contribution in [3.63, 3.8) is 0 Å². The van der Waals surface area contributed by atoms with Crippen LogP contribution in [-0.2, 0) is 9.53 Å². The SMILES string of the molecule is CC(C)(C)OC[C@H]1CCNC(=O)C1. The van der Waals surface area contributed by atoms with E-state index in [9.17, 15) is 4.79 Å². The van der Waals surface area contributed by atoms with E-state index >= 15 is 0 Å². The highest BCUT2D eigenvalue weighted by atomic mass is 16.5. The van der Waals surface area contributed by atoms with Crippen LogP contribution in [0.25, 0.3) is 0 Å². The number of hydrogen-bond donors (Lipinski definition) is 1. The van der Waals surface area contributed by atoms with Crippen molar-refractivity contribution in [2.75, 3.05) is 13.2 Å². The van der Waals surface area contributed by atoms with E-state index < -0.39 is 0 Å². The first kappa shape index (κ1) is 10.5. The van der Waals surface area contributed by atoms with E-state index in [2.05, 4.69) is 5.32 Å². The highest BCUT2D eigenvalue weighted by Crippen LogP contribution is 2.16. The van der Waals surface area contributed by atoms with Crippen LogP contribution in [0.1, 0.15) is 33.6 Å². The van der Waals surface area contributed by atoms with Crippen molar-refractivity contribution in [3.8, 4) is 0 Å². The Balaban J connectivity index is 2.25. The van der Waals surface area contributed by atoms with Gasteiger partial charge in [0.1, 0.15) is 0 Å². The van der Waals surface area contributed by atoms with Crippen molar-refractivity contribution in [1.82, 2.24) is 5.32 Å². The van der Waals surface area contributed by atoms with Gasteiger partial charge in [0.2, 0.25) is 5.91 Å². The summed E-state index contributed by atoms with van der Waals surface area (Å²) in [6.45, 7) is 7.62. The largest absolute Gasteiger partial charge is 0.376 e. The fourth-order valence-corrected chi connectivity index (χ4v) is 1.36. The van der Waals surface area contributed by atoms with Gasteiger partial charge in [0.05, 0.1) is 12.2 Å². The van der Waals surface area contributed by atoms with Crippen molar-refractivity contribution >= 4 is 5.91 Å². The topological polar surface area (TPSA) is 38.3 Å². The number of carbonyl (C=O) groups is 1. The van der Waals surface area contributed by atoms with E-state index in [1.54, 1.807) is 0 Å². The molecule has 76 valence electrons. The highest BCUT2D eigenvalue weighted by Gasteiger charge is 2.21. The van der Waals surface area contributed by atoms with E-state index in [1.165, 1.54) is 0 Å². The van der Waals surface area contributed by atoms with Crippen LogP contribution in [0, 0.1) is 5.92 Å². The van der Waals surface area contributed by atoms with E-state index in [-0.39, 0.29) is 11.5 Å². The summed E-state index contributed by atoms with van der Waals surface area (Å²) >= 11 is 0. The number of nitrogens with one attached hydrogen (secondary N) is 1. The monoisotopic (exact) mass is 185 g/mol. The summed E-state index contributed by atoms with van der Waals surface area (Å²) in [5.41, 5.74) is -0.0894. The summed E-state index contributed by atoms with van der Waals surface area (Å²) in [4.78, 5) is 11.0. The van der Waals surface area contributed by atoms with Crippen molar-refractivity contribution in [3.05, 3.63) is 0 Å². The molecule has 0 aromatic carbocycles. The van der Waals surface area contributed by atoms with Gasteiger partial charge in [0.25, 0.3) is 0 Å². The number of hydrogen-bond acceptors (Lipinski definition) is 2. The van der Waals surface area contributed by atoms with Gasteiger partial charge in [-0.25, -0.2) is 0 Å². The van der Waals surface area contributed by atoms with Gasteiger partial charge in [-0.2, -0.15) is 0 Å². The minimum absolute atomic E-state index is 0.0894. The van der Waals surface area contributed by atoms with E-state index in [0.29, 0.717) is 18.9 Å². The van der Waals surface area contributed by atoms with Gasteiger partial charge in [-0.1, -0.05) is 0 Å². The third kappa shape index (κ3) is 4.27. The maximum atomic E-state index is 11.0. The molecule has 1 N–H and O–H groups in total. The average Bonchev–Trinajstić information content (AvgIpc) is 2.00. The molecule has 1 heterocycles. The zero-order chi connectivity index (χ0) is 9.90. The fraction of sp³-hybridized carbons (Fsp3) is 0.900. The van der Waals surface area contributed by atoms with Gasteiger partial charge in [-0.15, -0.1) is 0 Å². The van der Waals surface area contributed by atoms with Gasteiger partial charge in [-0.05, 0) is 33.1 Å². The van der Waals surface area contributed by atoms with Crippen molar-refractivity contribution < 1.29 is 9.53 Å². The molecule has 13 heavy (non-hydrogen) atoms. The molecule has 0 unspecified atom stereocenters. The second-order valence-electron chi connectivity index (χ2n) is 4.63. The summed E-state index contributed by atoms with van der Waals surface area (Å²) in [6.07, 6.45) is 1.66. The molecule has 1 aliphatic heterocycles. The van der Waals surface area contributed by atoms with Crippen molar-refractivity contribution in [1.29, 1.82) is 0 Å². The second-order valence-corrected chi connectivity index (χ2v) is 4.63. The molecule has 1 aliphatic rings. The summed E-state index contributed by atoms with van der Waals surface area (Å²) < 4.78 is 5.64. The van der Waals surface area contributed by atoms with Crippen LogP contribution in [-0.4, -0.2) is 24.7 Å². The number of carbonyl (C=O) groups excluding carboxylic acids is 1. The number of rotatable bonds is 2. The molecule has 0 spiro atoms. The van der Waals surface area contributed by atoms with Crippen LogP contribution >= 0.6 is 0 Å². The predicted molar refractivity (Wildman–Crippen MR) is 51.4 cm³/mol. The molecule has 1 fully saturated rings. The minimum atomic E-state index is -0.0894. The summed E-state index contributed by atoms with van der Waals surface area (Å²) in [7, 11) is 0. The lowest BCUT2D eigenvalue weighted by Crippen LogP contribution is -2.36. The first-order chi connectivity index (χ1) is 5.97. The van der Waals surface area contributed by atoms with Crippen molar-refractivity contribution in [2.45, 2.75) is 39.2 Å². The fourth-order valence-electron chi connectivity index (χ4n) is 1.36. The molecule has 1 atom stereocenters. The molecular formula is C10H19NO2. The minimum Gasteiger partial charge on any atom is -0.376 e. The quantitative estimate of drug-likeness (QED) is 0.704. The number of amides is 1. The maximum absolute atomic E-state index is 11.0. The molecule has 1 rings (SSSR count). The van der Waals surface area contributed by atoms with Gasteiger partial charge < -0.3 is 10.1 Å². The molecular weight excluding hydrogens is 166 g/mol. The Morgan fingerprint density at radius 3 is 2.77 bits per heavy atom. The molecule has 0 bridgehead atoms. The standard InChI is InChI=1S/C10H19NO2/c1-10(2,3)13-7-8-4-5-11-9(12)6-8/h8H,4-7H2,1-3H3,(H,11,12)/t8-/m0/s1. The molecule has 0 aromatic heterocycles. The lowest BCUT2D eigenvalue weighted by Gasteiger charge is -2.26. The molecule has 0 radical (unpaired) electrons. The second kappa shape index (κ2) is 4.09. The zero-order valence-electron chi connectivity index (χ0n) is 8.72. The molecule has 1 amide bonds. The Kier molecular flexibility index (Phi) is 3.31. The Morgan fingerprint density at radius 2 is 2.23 bits per heavy atom. The highest BCUT2D eigenvalue weighted by molar-refractivity contribution is 5.76. The Labute approximate surface area is 79.8 Å². The van der Waals surface area contributed by atoms with Gasteiger partial charge in [0.15, 0.2) is 0 Å². The molecule has 3 nitrogen and oxygen atoms in total. The number of ether oxygens (including phenoxy) is 1. The van der Waals surface area contributed by atoms with Crippen LogP contribution in [0.3, 0.4) is 0 Å². The van der Waals surface area contributed by atoms with Crippen LogP contribution in [0.4, 0.5) is 0 Å². The molecule has 0 aromatic rings. The zero-order valence-corrected chi connectivity index (χ0v) is 8.72. The third-order valence-corrected chi connectivity index (χ3v) is 2.10. The van der Waals surface area contributed by atoms with Gasteiger partial charge in [-0.3, -0.25) is 4.79 Å². The third-order valence-electron chi connectivity index (χ3n) is 2.10. The van der Waals surface area contributed by atoms with Gasteiger partial charge in [0, 0.05) is 13.0 Å². The smallest absolute Gasteiger partial charge is 0.220 e. The molecule has 1 saturated heterocycles. The summed E-state index contributed by atoms with van der Waals surface area (Å²) in [5.74, 6) is 0.571. The first-order valence-corrected chi connectivity index (χ1v) is 4.88. The van der Waals surface area contributed by atoms with Crippen LogP contribution in [0.5, 0.6) is 0 Å². The summed E-state index contributed by atoms with van der Waals surface area (Å²) in [5, 5.41) is 2.81. The lowest BCUT2D eigenvalue weighted by atomic mass is 9.98. The molecule has 0 saturated carbocycles. The van der Waals surface area contributed by atoms with E-state index in [0.717, 1.165) is 13.0 Å². The maximum Gasteiger partial charge on any atom is 0.220 e. The lowest BCUT2D eigenvalue weighted by molar-refractivity contribution is -0.125.